The van der Waals surface area contributed by atoms with Crippen LogP contribution in [0.4, 0.5) is 0 Å². The SMILES string of the molecule is Clc1cccc(Cc2cc3cccc(Br)c3o2)c1.O=C(c1cccc(Cl)c1)c1cc2cccc(Br)c2o1. The first-order chi connectivity index (χ1) is 17.9. The fourth-order valence-electron chi connectivity index (χ4n) is 3.93. The molecule has 0 amide bonds. The van der Waals surface area contributed by atoms with Crippen LogP contribution in [-0.2, 0) is 6.42 Å². The first kappa shape index (κ1) is 25.8. The van der Waals surface area contributed by atoms with Crippen molar-refractivity contribution in [2.45, 2.75) is 6.42 Å². The van der Waals surface area contributed by atoms with Crippen molar-refractivity contribution in [2.24, 2.45) is 0 Å². The Morgan fingerprint density at radius 2 is 1.27 bits per heavy atom. The summed E-state index contributed by atoms with van der Waals surface area (Å²) in [6.45, 7) is 0. The van der Waals surface area contributed by atoms with Crippen molar-refractivity contribution in [3.63, 3.8) is 0 Å². The highest BCUT2D eigenvalue weighted by molar-refractivity contribution is 9.11. The minimum Gasteiger partial charge on any atom is -0.460 e. The van der Waals surface area contributed by atoms with Gasteiger partial charge in [-0.1, -0.05) is 71.7 Å². The lowest BCUT2D eigenvalue weighted by atomic mass is 10.1. The first-order valence-electron chi connectivity index (χ1n) is 11.3. The zero-order valence-electron chi connectivity index (χ0n) is 19.2. The summed E-state index contributed by atoms with van der Waals surface area (Å²) in [4.78, 5) is 12.3. The van der Waals surface area contributed by atoms with Crippen molar-refractivity contribution in [3.05, 3.63) is 139 Å². The number of hydrogen-bond donors (Lipinski definition) is 0. The minimum atomic E-state index is -0.175. The van der Waals surface area contributed by atoms with Crippen LogP contribution in [0.5, 0.6) is 0 Å². The van der Waals surface area contributed by atoms with Crippen LogP contribution < -0.4 is 0 Å². The van der Waals surface area contributed by atoms with E-state index in [4.69, 9.17) is 32.0 Å². The third-order valence-electron chi connectivity index (χ3n) is 5.62. The number of carbonyl (C=O) groups is 1. The molecule has 6 rings (SSSR count). The van der Waals surface area contributed by atoms with E-state index in [2.05, 4.69) is 37.9 Å². The largest absolute Gasteiger partial charge is 0.460 e. The van der Waals surface area contributed by atoms with Gasteiger partial charge in [-0.05, 0) is 86.0 Å². The molecule has 0 radical (unpaired) electrons. The van der Waals surface area contributed by atoms with Gasteiger partial charge < -0.3 is 8.83 Å². The van der Waals surface area contributed by atoms with Crippen molar-refractivity contribution in [1.29, 1.82) is 0 Å². The maximum absolute atomic E-state index is 12.3. The van der Waals surface area contributed by atoms with Crippen LogP contribution in [0.2, 0.25) is 10.0 Å². The summed E-state index contributed by atoms with van der Waals surface area (Å²) in [5.74, 6) is 1.08. The van der Waals surface area contributed by atoms with E-state index in [9.17, 15) is 4.79 Å². The Kier molecular flexibility index (Phi) is 7.87. The third kappa shape index (κ3) is 6.02. The fourth-order valence-corrected chi connectivity index (χ4v) is 5.26. The number of benzene rings is 4. The number of rotatable bonds is 4. The van der Waals surface area contributed by atoms with E-state index in [1.165, 1.54) is 0 Å². The molecule has 0 N–H and O–H groups in total. The predicted molar refractivity (Wildman–Crippen MR) is 157 cm³/mol. The van der Waals surface area contributed by atoms with Crippen LogP contribution in [0.1, 0.15) is 27.4 Å². The second kappa shape index (κ2) is 11.3. The third-order valence-corrected chi connectivity index (χ3v) is 7.34. The summed E-state index contributed by atoms with van der Waals surface area (Å²) in [6.07, 6.45) is 0.752. The number of para-hydroxylation sites is 2. The number of fused-ring (bicyclic) bond motifs is 2. The van der Waals surface area contributed by atoms with E-state index in [1.54, 1.807) is 30.3 Å². The van der Waals surface area contributed by atoms with Crippen LogP contribution >= 0.6 is 55.1 Å². The molecule has 0 spiro atoms. The van der Waals surface area contributed by atoms with Gasteiger partial charge in [0.25, 0.3) is 0 Å². The molecule has 0 fully saturated rings. The number of furan rings is 2. The molecule has 0 saturated carbocycles. The van der Waals surface area contributed by atoms with Gasteiger partial charge in [0.1, 0.15) is 16.9 Å². The minimum absolute atomic E-state index is 0.175. The Hall–Kier alpha value is -2.83. The van der Waals surface area contributed by atoms with Crippen molar-refractivity contribution >= 4 is 82.8 Å². The second-order valence-corrected chi connectivity index (χ2v) is 10.9. The van der Waals surface area contributed by atoms with Crippen LogP contribution in [0.25, 0.3) is 21.9 Å². The molecule has 3 nitrogen and oxygen atoms in total. The normalized spacial score (nSPS) is 10.9. The van der Waals surface area contributed by atoms with Crippen LogP contribution in [-0.4, -0.2) is 5.78 Å². The van der Waals surface area contributed by atoms with Gasteiger partial charge in [0.15, 0.2) is 5.76 Å². The lowest BCUT2D eigenvalue weighted by Crippen LogP contribution is -1.98. The van der Waals surface area contributed by atoms with Gasteiger partial charge in [-0.15, -0.1) is 0 Å². The molecule has 0 atom stereocenters. The summed E-state index contributed by atoms with van der Waals surface area (Å²) >= 11 is 18.8. The van der Waals surface area contributed by atoms with Crippen LogP contribution in [0.3, 0.4) is 0 Å². The monoisotopic (exact) mass is 654 g/mol. The number of carbonyl (C=O) groups excluding carboxylic acids is 1. The lowest BCUT2D eigenvalue weighted by Gasteiger charge is -1.98. The molecule has 0 aliphatic heterocycles. The highest BCUT2D eigenvalue weighted by Gasteiger charge is 2.16. The number of halogens is 4. The van der Waals surface area contributed by atoms with Gasteiger partial charge in [-0.25, -0.2) is 0 Å². The van der Waals surface area contributed by atoms with Gasteiger partial charge in [0.05, 0.1) is 8.95 Å². The Balaban J connectivity index is 0.000000152. The molecule has 0 bridgehead atoms. The summed E-state index contributed by atoms with van der Waals surface area (Å²) in [6, 6.07) is 30.2. The van der Waals surface area contributed by atoms with Crippen molar-refractivity contribution < 1.29 is 13.6 Å². The Morgan fingerprint density at radius 3 is 1.89 bits per heavy atom. The molecule has 4 aromatic carbocycles. The van der Waals surface area contributed by atoms with Gasteiger partial charge in [-0.2, -0.15) is 0 Å². The molecule has 184 valence electrons. The maximum atomic E-state index is 12.3. The topological polar surface area (TPSA) is 43.4 Å². The molecule has 7 heteroatoms. The Bertz CT molecular complexity index is 1740. The molecule has 6 aromatic rings. The number of hydrogen-bond acceptors (Lipinski definition) is 3. The van der Waals surface area contributed by atoms with Crippen molar-refractivity contribution in [2.75, 3.05) is 0 Å². The molecule has 2 aromatic heterocycles. The van der Waals surface area contributed by atoms with Gasteiger partial charge in [0, 0.05) is 32.8 Å². The van der Waals surface area contributed by atoms with Gasteiger partial charge in [0.2, 0.25) is 5.78 Å². The van der Waals surface area contributed by atoms with Crippen LogP contribution in [0, 0.1) is 0 Å². The molecular weight excluding hydrogens is 639 g/mol. The highest BCUT2D eigenvalue weighted by Crippen LogP contribution is 2.29. The van der Waals surface area contributed by atoms with E-state index >= 15 is 0 Å². The Labute approximate surface area is 240 Å². The van der Waals surface area contributed by atoms with Gasteiger partial charge >= 0.3 is 0 Å². The van der Waals surface area contributed by atoms with Crippen LogP contribution in [0.15, 0.2) is 115 Å². The maximum Gasteiger partial charge on any atom is 0.228 e. The predicted octanol–water partition coefficient (Wildman–Crippen LogP) is 10.5. The Morgan fingerprint density at radius 1 is 0.676 bits per heavy atom. The van der Waals surface area contributed by atoms with Gasteiger partial charge in [-0.3, -0.25) is 4.79 Å². The average Bonchev–Trinajstić information content (AvgIpc) is 3.50. The van der Waals surface area contributed by atoms with E-state index in [0.717, 1.165) is 48.1 Å². The van der Waals surface area contributed by atoms with E-state index in [1.807, 2.05) is 60.7 Å². The smallest absolute Gasteiger partial charge is 0.228 e. The summed E-state index contributed by atoms with van der Waals surface area (Å²) in [5, 5.41) is 3.29. The lowest BCUT2D eigenvalue weighted by molar-refractivity contribution is 0.101. The molecular formula is C30H18Br2Cl2O3. The number of ketones is 1. The standard InChI is InChI=1S/C15H8BrClO2.C15H10BrClO/c16-12-6-2-4-10-8-13(19-15(10)12)14(18)9-3-1-5-11(17)7-9;16-14-6-2-4-11-9-13(18-15(11)14)8-10-3-1-5-12(17)7-10/h1-8H;1-7,9H,8H2. The second-order valence-electron chi connectivity index (χ2n) is 8.29. The van der Waals surface area contributed by atoms with E-state index < -0.39 is 0 Å². The molecule has 0 aliphatic carbocycles. The van der Waals surface area contributed by atoms with E-state index in [0.29, 0.717) is 21.9 Å². The summed E-state index contributed by atoms with van der Waals surface area (Å²) < 4.78 is 13.3. The first-order valence-corrected chi connectivity index (χ1v) is 13.6. The quantitative estimate of drug-likeness (QED) is 0.177. The molecule has 0 aliphatic rings. The summed E-state index contributed by atoms with van der Waals surface area (Å²) in [5.41, 5.74) is 3.24. The average molecular weight is 657 g/mol. The molecule has 0 unspecified atom stereocenters. The zero-order chi connectivity index (χ0) is 25.9. The fraction of sp³-hybridized carbons (Fsp3) is 0.0333. The zero-order valence-corrected chi connectivity index (χ0v) is 23.9. The molecule has 37 heavy (non-hydrogen) atoms. The van der Waals surface area contributed by atoms with Crippen molar-refractivity contribution in [1.82, 2.24) is 0 Å². The summed E-state index contributed by atoms with van der Waals surface area (Å²) in [7, 11) is 0. The highest BCUT2D eigenvalue weighted by atomic mass is 79.9. The molecule has 2 heterocycles. The van der Waals surface area contributed by atoms with E-state index in [-0.39, 0.29) is 5.78 Å². The molecule has 0 saturated heterocycles. The van der Waals surface area contributed by atoms with Crippen molar-refractivity contribution in [3.8, 4) is 0 Å².